The zero-order chi connectivity index (χ0) is 35.2. The van der Waals surface area contributed by atoms with Gasteiger partial charge in [-0.3, -0.25) is 29.0 Å². The van der Waals surface area contributed by atoms with Gasteiger partial charge in [-0.2, -0.15) is 0 Å². The van der Waals surface area contributed by atoms with Gasteiger partial charge in [-0.25, -0.2) is 0 Å². The third-order valence-corrected chi connectivity index (χ3v) is 10.2. The molecule has 0 saturated heterocycles. The molecule has 4 aromatic rings. The van der Waals surface area contributed by atoms with Gasteiger partial charge in [0.05, 0.1) is 0 Å². The summed E-state index contributed by atoms with van der Waals surface area (Å²) in [4.78, 5) is 60.5. The SMILES string of the molecule is CCCCCC.CN(CCCN(CCN1C(=O)c2cccc3cccc(c23)C1=O)CC1CC1)CCN1C(=O)c2cccc3cccc(c23)C1=O. The maximum atomic E-state index is 13.4. The van der Waals surface area contributed by atoms with E-state index in [4.69, 9.17) is 0 Å². The second kappa shape index (κ2) is 16.1. The van der Waals surface area contributed by atoms with Crippen molar-refractivity contribution < 1.29 is 19.2 Å². The van der Waals surface area contributed by atoms with E-state index in [0.717, 1.165) is 47.6 Å². The Morgan fingerprint density at radius 1 is 0.560 bits per heavy atom. The molecule has 2 aliphatic heterocycles. The molecule has 8 nitrogen and oxygen atoms in total. The number of amides is 4. The summed E-state index contributed by atoms with van der Waals surface area (Å²) in [7, 11) is 2.02. The Balaban J connectivity index is 0.000000664. The fraction of sp³-hybridized carbons (Fsp3) is 0.429. The summed E-state index contributed by atoms with van der Waals surface area (Å²) in [5, 5.41) is 3.33. The molecule has 2 heterocycles. The monoisotopic (exact) mass is 674 g/mol. The number of unbranched alkanes of at least 4 members (excludes halogenated alkanes) is 3. The number of carbonyl (C=O) groups is 4. The van der Waals surface area contributed by atoms with Crippen molar-refractivity contribution in [3.05, 3.63) is 95.1 Å². The van der Waals surface area contributed by atoms with E-state index in [2.05, 4.69) is 23.6 Å². The first-order valence-electron chi connectivity index (χ1n) is 18.5. The van der Waals surface area contributed by atoms with Gasteiger partial charge in [-0.1, -0.05) is 88.1 Å². The number of rotatable bonds is 15. The Bertz CT molecular complexity index is 1780. The fourth-order valence-electron chi connectivity index (χ4n) is 7.22. The van der Waals surface area contributed by atoms with Gasteiger partial charge in [-0.05, 0) is 80.4 Å². The minimum atomic E-state index is -0.232. The van der Waals surface area contributed by atoms with Crippen molar-refractivity contribution in [1.82, 2.24) is 19.6 Å². The smallest absolute Gasteiger partial charge is 0.261 e. The zero-order valence-electron chi connectivity index (χ0n) is 29.8. The van der Waals surface area contributed by atoms with E-state index in [1.807, 2.05) is 67.7 Å². The molecular formula is C42H50N4O4. The van der Waals surface area contributed by atoms with Gasteiger partial charge in [0.2, 0.25) is 0 Å². The van der Waals surface area contributed by atoms with Crippen LogP contribution < -0.4 is 0 Å². The third kappa shape index (κ3) is 7.67. The number of likely N-dealkylation sites (N-methyl/N-ethyl adjacent to an activating group) is 1. The number of hydrogen-bond acceptors (Lipinski definition) is 6. The van der Waals surface area contributed by atoms with Crippen molar-refractivity contribution in [2.24, 2.45) is 5.92 Å². The summed E-state index contributed by atoms with van der Waals surface area (Å²) in [5.74, 6) is -0.219. The van der Waals surface area contributed by atoms with E-state index >= 15 is 0 Å². The molecule has 0 radical (unpaired) electrons. The normalized spacial score (nSPS) is 15.5. The Hall–Kier alpha value is -4.40. The van der Waals surface area contributed by atoms with Crippen LogP contribution in [0.1, 0.15) is 100 Å². The predicted octanol–water partition coefficient (Wildman–Crippen LogP) is 7.51. The van der Waals surface area contributed by atoms with E-state index < -0.39 is 0 Å². The molecule has 8 heteroatoms. The maximum absolute atomic E-state index is 13.4. The molecule has 1 saturated carbocycles. The average Bonchev–Trinajstić information content (AvgIpc) is 3.96. The fourth-order valence-corrected chi connectivity index (χ4v) is 7.22. The summed E-state index contributed by atoms with van der Waals surface area (Å²) in [6, 6.07) is 22.5. The molecule has 1 fully saturated rings. The lowest BCUT2D eigenvalue weighted by Gasteiger charge is -2.31. The van der Waals surface area contributed by atoms with Crippen LogP contribution >= 0.6 is 0 Å². The largest absolute Gasteiger partial charge is 0.305 e. The van der Waals surface area contributed by atoms with Crippen LogP contribution in [0.15, 0.2) is 72.8 Å². The van der Waals surface area contributed by atoms with Gasteiger partial charge in [0.15, 0.2) is 0 Å². The summed E-state index contributed by atoms with van der Waals surface area (Å²) in [5.41, 5.74) is 2.36. The van der Waals surface area contributed by atoms with Gasteiger partial charge in [0.25, 0.3) is 23.6 Å². The van der Waals surface area contributed by atoms with Gasteiger partial charge in [-0.15, -0.1) is 0 Å². The molecule has 3 aliphatic rings. The molecule has 262 valence electrons. The first-order chi connectivity index (χ1) is 24.3. The molecule has 4 amide bonds. The quantitative estimate of drug-likeness (QED) is 0.0960. The van der Waals surface area contributed by atoms with Crippen LogP contribution in [0.25, 0.3) is 21.5 Å². The molecule has 0 bridgehead atoms. The molecule has 7 rings (SSSR count). The molecule has 0 N–H and O–H groups in total. The molecule has 0 atom stereocenters. The van der Waals surface area contributed by atoms with E-state index in [0.29, 0.717) is 54.4 Å². The molecule has 50 heavy (non-hydrogen) atoms. The van der Waals surface area contributed by atoms with Crippen molar-refractivity contribution in [3.8, 4) is 0 Å². The van der Waals surface area contributed by atoms with Crippen LogP contribution in [-0.2, 0) is 0 Å². The second-order valence-corrected chi connectivity index (χ2v) is 14.1. The zero-order valence-corrected chi connectivity index (χ0v) is 29.8. The molecular weight excluding hydrogens is 624 g/mol. The van der Waals surface area contributed by atoms with E-state index in [9.17, 15) is 19.2 Å². The molecule has 0 aromatic heterocycles. The number of nitrogens with zero attached hydrogens (tertiary/aromatic N) is 4. The average molecular weight is 675 g/mol. The van der Waals surface area contributed by atoms with Crippen molar-refractivity contribution in [2.75, 3.05) is 52.9 Å². The van der Waals surface area contributed by atoms with Gasteiger partial charge in [0.1, 0.15) is 0 Å². The summed E-state index contributed by atoms with van der Waals surface area (Å²) < 4.78 is 0. The summed E-state index contributed by atoms with van der Waals surface area (Å²) in [6.45, 7) is 8.99. The molecule has 0 unspecified atom stereocenters. The highest BCUT2D eigenvalue weighted by molar-refractivity contribution is 6.26. The van der Waals surface area contributed by atoms with Crippen LogP contribution in [0, 0.1) is 5.92 Å². The topological polar surface area (TPSA) is 81.2 Å². The number of carbonyl (C=O) groups excluding carboxylic acids is 4. The highest BCUT2D eigenvalue weighted by atomic mass is 16.2. The van der Waals surface area contributed by atoms with E-state index in [1.165, 1.54) is 48.3 Å². The standard InChI is InChI=1S/C36H36N4O4.C6H14/c1-37(19-21-39-33(41)27-11-2-7-25-8-3-12-28(31(25)27)34(39)42)17-6-18-38(23-24-15-16-24)20-22-40-35(43)29-13-4-9-26-10-5-14-30(32(26)29)36(40)44;1-3-5-6-4-2/h2-5,7-14,24H,6,15-23H2,1H3;3-6H2,1-2H3. The molecule has 0 spiro atoms. The second-order valence-electron chi connectivity index (χ2n) is 14.1. The molecule has 1 aliphatic carbocycles. The van der Waals surface area contributed by atoms with Crippen LogP contribution in [-0.4, -0.2) is 96.1 Å². The van der Waals surface area contributed by atoms with Crippen LogP contribution in [0.4, 0.5) is 0 Å². The lowest BCUT2D eigenvalue weighted by molar-refractivity contribution is 0.0583. The van der Waals surface area contributed by atoms with E-state index in [1.54, 1.807) is 12.1 Å². The minimum Gasteiger partial charge on any atom is -0.305 e. The first kappa shape index (κ1) is 35.4. The third-order valence-electron chi connectivity index (χ3n) is 10.2. The van der Waals surface area contributed by atoms with Crippen molar-refractivity contribution in [2.45, 2.75) is 58.8 Å². The van der Waals surface area contributed by atoms with Crippen LogP contribution in [0.5, 0.6) is 0 Å². The highest BCUT2D eigenvalue weighted by Gasteiger charge is 2.34. The van der Waals surface area contributed by atoms with Crippen LogP contribution in [0.2, 0.25) is 0 Å². The Morgan fingerprint density at radius 3 is 1.38 bits per heavy atom. The van der Waals surface area contributed by atoms with Crippen molar-refractivity contribution >= 4 is 45.2 Å². The number of hydrogen-bond donors (Lipinski definition) is 0. The highest BCUT2D eigenvalue weighted by Crippen LogP contribution is 2.32. The Morgan fingerprint density at radius 2 is 0.980 bits per heavy atom. The summed E-state index contributed by atoms with van der Waals surface area (Å²) in [6.07, 6.45) is 8.89. The van der Waals surface area contributed by atoms with Crippen molar-refractivity contribution in [1.29, 1.82) is 0 Å². The molecule has 4 aromatic carbocycles. The van der Waals surface area contributed by atoms with E-state index in [-0.39, 0.29) is 23.6 Å². The lowest BCUT2D eigenvalue weighted by Crippen LogP contribution is -2.45. The predicted molar refractivity (Wildman–Crippen MR) is 200 cm³/mol. The Labute approximate surface area is 296 Å². The number of benzene rings is 4. The minimum absolute atomic E-state index is 0.217. The van der Waals surface area contributed by atoms with Gasteiger partial charge in [0, 0.05) is 65.8 Å². The number of imide groups is 2. The Kier molecular flexibility index (Phi) is 11.4. The first-order valence-corrected chi connectivity index (χ1v) is 18.5. The summed E-state index contributed by atoms with van der Waals surface area (Å²) >= 11 is 0. The van der Waals surface area contributed by atoms with Crippen molar-refractivity contribution in [3.63, 3.8) is 0 Å². The maximum Gasteiger partial charge on any atom is 0.261 e. The van der Waals surface area contributed by atoms with Crippen LogP contribution in [0.3, 0.4) is 0 Å². The van der Waals surface area contributed by atoms with Gasteiger partial charge >= 0.3 is 0 Å². The lowest BCUT2D eigenvalue weighted by atomic mass is 9.94. The van der Waals surface area contributed by atoms with Gasteiger partial charge < -0.3 is 9.80 Å².